The third-order valence-corrected chi connectivity index (χ3v) is 3.67. The van der Waals surface area contributed by atoms with Crippen LogP contribution in [-0.2, 0) is 11.3 Å². The Morgan fingerprint density at radius 3 is 2.71 bits per heavy atom. The zero-order valence-electron chi connectivity index (χ0n) is 12.7. The molecule has 3 N–H and O–H groups in total. The van der Waals surface area contributed by atoms with E-state index in [0.717, 1.165) is 24.5 Å². The second-order valence-corrected chi connectivity index (χ2v) is 5.85. The van der Waals surface area contributed by atoms with Gasteiger partial charge >= 0.3 is 0 Å². The summed E-state index contributed by atoms with van der Waals surface area (Å²) < 4.78 is 2.09. The number of nitrogens with zero attached hydrogens (tertiary/aromatic N) is 2. The quantitative estimate of drug-likeness (QED) is 0.745. The zero-order chi connectivity index (χ0) is 14.3. The highest BCUT2D eigenvalue weighted by molar-refractivity contribution is 7.98. The van der Waals surface area contributed by atoms with Crippen LogP contribution in [0.15, 0.2) is 12.4 Å². The first kappa shape index (κ1) is 22.8. The van der Waals surface area contributed by atoms with Crippen molar-refractivity contribution in [1.29, 1.82) is 0 Å². The van der Waals surface area contributed by atoms with E-state index in [9.17, 15) is 4.79 Å². The molecule has 1 aromatic rings. The van der Waals surface area contributed by atoms with Gasteiger partial charge in [0.25, 0.3) is 0 Å². The lowest BCUT2D eigenvalue weighted by Gasteiger charge is -2.16. The zero-order valence-corrected chi connectivity index (χ0v) is 15.2. The van der Waals surface area contributed by atoms with Crippen molar-refractivity contribution in [2.75, 3.05) is 18.6 Å². The SMILES string of the molecule is CSCC[C@H](N)C(=O)NCC(C)Cn1ccnc1C.Cl.Cl. The van der Waals surface area contributed by atoms with Crippen molar-refractivity contribution in [2.45, 2.75) is 32.9 Å². The van der Waals surface area contributed by atoms with Gasteiger partial charge in [-0.15, -0.1) is 24.8 Å². The molecule has 0 aliphatic heterocycles. The van der Waals surface area contributed by atoms with Gasteiger partial charge in [0.2, 0.25) is 5.91 Å². The number of imidazole rings is 1. The lowest BCUT2D eigenvalue weighted by molar-refractivity contribution is -0.122. The molecule has 0 saturated carbocycles. The molecule has 21 heavy (non-hydrogen) atoms. The summed E-state index contributed by atoms with van der Waals surface area (Å²) in [6.45, 7) is 5.58. The highest BCUT2D eigenvalue weighted by atomic mass is 35.5. The van der Waals surface area contributed by atoms with Crippen molar-refractivity contribution in [3.63, 3.8) is 0 Å². The van der Waals surface area contributed by atoms with Crippen LogP contribution >= 0.6 is 36.6 Å². The third kappa shape index (κ3) is 8.56. The van der Waals surface area contributed by atoms with Gasteiger partial charge in [0.15, 0.2) is 0 Å². The van der Waals surface area contributed by atoms with Gasteiger partial charge in [-0.3, -0.25) is 4.79 Å². The lowest BCUT2D eigenvalue weighted by atomic mass is 10.1. The second kappa shape index (κ2) is 12.1. The molecule has 1 heterocycles. The van der Waals surface area contributed by atoms with E-state index >= 15 is 0 Å². The predicted molar refractivity (Wildman–Crippen MR) is 94.6 cm³/mol. The minimum atomic E-state index is -0.394. The number of halogens is 2. The Labute approximate surface area is 143 Å². The minimum Gasteiger partial charge on any atom is -0.354 e. The Balaban J connectivity index is 0. The number of carbonyl (C=O) groups excluding carboxylic acids is 1. The number of nitrogens with one attached hydrogen (secondary N) is 1. The Morgan fingerprint density at radius 2 is 2.19 bits per heavy atom. The standard InChI is InChI=1S/C13H24N4OS.2ClH/c1-10(9-17-6-5-15-11(17)2)8-16-13(18)12(14)4-7-19-3;;/h5-6,10,12H,4,7-9,14H2,1-3H3,(H,16,18);2*1H/t10?,12-;;/m0../s1. The molecule has 0 aliphatic rings. The molecule has 5 nitrogen and oxygen atoms in total. The summed E-state index contributed by atoms with van der Waals surface area (Å²) in [6, 6.07) is -0.394. The first-order chi connectivity index (χ1) is 9.04. The topological polar surface area (TPSA) is 72.9 Å². The van der Waals surface area contributed by atoms with Gasteiger partial charge in [0.05, 0.1) is 6.04 Å². The van der Waals surface area contributed by atoms with Crippen LogP contribution in [0.1, 0.15) is 19.2 Å². The fourth-order valence-corrected chi connectivity index (χ4v) is 2.27. The Kier molecular flexibility index (Phi) is 13.2. The van der Waals surface area contributed by atoms with E-state index in [0.29, 0.717) is 12.5 Å². The number of rotatable bonds is 8. The maximum atomic E-state index is 11.8. The van der Waals surface area contributed by atoms with Crippen LogP contribution < -0.4 is 11.1 Å². The summed E-state index contributed by atoms with van der Waals surface area (Å²) in [5.41, 5.74) is 5.81. The third-order valence-electron chi connectivity index (χ3n) is 3.03. The Morgan fingerprint density at radius 1 is 1.52 bits per heavy atom. The number of hydrogen-bond donors (Lipinski definition) is 2. The first-order valence-corrected chi connectivity index (χ1v) is 7.94. The van der Waals surface area contributed by atoms with E-state index in [1.807, 2.05) is 19.4 Å². The van der Waals surface area contributed by atoms with Gasteiger partial charge in [0.1, 0.15) is 5.82 Å². The van der Waals surface area contributed by atoms with Crippen LogP contribution in [0.5, 0.6) is 0 Å². The fraction of sp³-hybridized carbons (Fsp3) is 0.692. The maximum Gasteiger partial charge on any atom is 0.236 e. The van der Waals surface area contributed by atoms with Crippen molar-refractivity contribution in [2.24, 2.45) is 11.7 Å². The Hall–Kier alpha value is -0.430. The van der Waals surface area contributed by atoms with Crippen molar-refractivity contribution in [3.05, 3.63) is 18.2 Å². The van der Waals surface area contributed by atoms with Gasteiger partial charge in [-0.25, -0.2) is 4.98 Å². The first-order valence-electron chi connectivity index (χ1n) is 6.54. The molecule has 0 radical (unpaired) electrons. The molecular formula is C13H26Cl2N4OS. The second-order valence-electron chi connectivity index (χ2n) is 4.87. The number of hydrogen-bond acceptors (Lipinski definition) is 4. The molecule has 0 bridgehead atoms. The molecule has 1 aromatic heterocycles. The van der Waals surface area contributed by atoms with E-state index in [4.69, 9.17) is 5.73 Å². The summed E-state index contributed by atoms with van der Waals surface area (Å²) in [4.78, 5) is 15.9. The normalized spacial score (nSPS) is 12.8. The van der Waals surface area contributed by atoms with Crippen LogP contribution in [0, 0.1) is 12.8 Å². The molecule has 1 unspecified atom stereocenters. The van der Waals surface area contributed by atoms with E-state index in [1.54, 1.807) is 18.0 Å². The van der Waals surface area contributed by atoms with Crippen LogP contribution in [0.2, 0.25) is 0 Å². The molecule has 0 saturated heterocycles. The predicted octanol–water partition coefficient (Wildman–Crippen LogP) is 1.87. The number of nitrogens with two attached hydrogens (primary N) is 1. The maximum absolute atomic E-state index is 11.8. The molecule has 2 atom stereocenters. The summed E-state index contributed by atoms with van der Waals surface area (Å²) in [5.74, 6) is 2.21. The monoisotopic (exact) mass is 356 g/mol. The van der Waals surface area contributed by atoms with E-state index in [2.05, 4.69) is 21.8 Å². The number of amides is 1. The molecular weight excluding hydrogens is 331 g/mol. The van der Waals surface area contributed by atoms with Crippen LogP contribution in [0.3, 0.4) is 0 Å². The lowest BCUT2D eigenvalue weighted by Crippen LogP contribution is -2.42. The van der Waals surface area contributed by atoms with Crippen molar-refractivity contribution in [1.82, 2.24) is 14.9 Å². The molecule has 0 aromatic carbocycles. The average Bonchev–Trinajstić information content (AvgIpc) is 2.78. The smallest absolute Gasteiger partial charge is 0.236 e. The van der Waals surface area contributed by atoms with Crippen LogP contribution in [0.25, 0.3) is 0 Å². The van der Waals surface area contributed by atoms with Crippen molar-refractivity contribution >= 4 is 42.5 Å². The highest BCUT2D eigenvalue weighted by Gasteiger charge is 2.14. The van der Waals surface area contributed by atoms with Crippen molar-refractivity contribution < 1.29 is 4.79 Å². The Bertz CT molecular complexity index is 403. The summed E-state index contributed by atoms with van der Waals surface area (Å²) in [7, 11) is 0. The number of thioether (sulfide) groups is 1. The van der Waals surface area contributed by atoms with Gasteiger partial charge in [-0.2, -0.15) is 11.8 Å². The highest BCUT2D eigenvalue weighted by Crippen LogP contribution is 2.03. The molecule has 0 spiro atoms. The fourth-order valence-electron chi connectivity index (χ4n) is 1.78. The van der Waals surface area contributed by atoms with Gasteiger partial charge < -0.3 is 15.6 Å². The summed E-state index contributed by atoms with van der Waals surface area (Å²) in [5, 5.41) is 2.92. The number of carbonyl (C=O) groups is 1. The molecule has 8 heteroatoms. The molecule has 1 rings (SSSR count). The summed E-state index contributed by atoms with van der Waals surface area (Å²) >= 11 is 1.71. The molecule has 1 amide bonds. The molecule has 124 valence electrons. The average molecular weight is 357 g/mol. The summed E-state index contributed by atoms with van der Waals surface area (Å²) in [6.07, 6.45) is 6.49. The molecule has 0 fully saturated rings. The number of aromatic nitrogens is 2. The van der Waals surface area contributed by atoms with Crippen LogP contribution in [-0.4, -0.2) is 40.1 Å². The van der Waals surface area contributed by atoms with E-state index < -0.39 is 6.04 Å². The largest absolute Gasteiger partial charge is 0.354 e. The van der Waals surface area contributed by atoms with Gasteiger partial charge in [-0.05, 0) is 31.3 Å². The van der Waals surface area contributed by atoms with Crippen molar-refractivity contribution in [3.8, 4) is 0 Å². The van der Waals surface area contributed by atoms with E-state index in [1.165, 1.54) is 0 Å². The van der Waals surface area contributed by atoms with E-state index in [-0.39, 0.29) is 30.7 Å². The molecule has 0 aliphatic carbocycles. The van der Waals surface area contributed by atoms with Gasteiger partial charge in [-0.1, -0.05) is 6.92 Å². The van der Waals surface area contributed by atoms with Crippen LogP contribution in [0.4, 0.5) is 0 Å². The van der Waals surface area contributed by atoms with Gasteiger partial charge in [0, 0.05) is 25.5 Å². The minimum absolute atomic E-state index is 0. The number of aryl methyl sites for hydroxylation is 1.